The number of halogens is 1. The molecule has 1 amide bonds. The van der Waals surface area contributed by atoms with E-state index in [0.717, 1.165) is 4.47 Å². The summed E-state index contributed by atoms with van der Waals surface area (Å²) >= 11 is 3.28. The van der Waals surface area contributed by atoms with Crippen LogP contribution in [0.15, 0.2) is 28.7 Å². The quantitative estimate of drug-likeness (QED) is 0.839. The number of carbonyl (C=O) groups is 2. The number of rotatable bonds is 6. The Kier molecular flexibility index (Phi) is 5.64. The molecule has 0 saturated carbocycles. The highest BCUT2D eigenvalue weighted by molar-refractivity contribution is 9.10. The van der Waals surface area contributed by atoms with Crippen molar-refractivity contribution in [3.63, 3.8) is 0 Å². The molecule has 0 aliphatic heterocycles. The zero-order valence-electron chi connectivity index (χ0n) is 9.85. The number of hydrogen-bond acceptors (Lipinski definition) is 3. The number of amides is 1. The van der Waals surface area contributed by atoms with Crippen LogP contribution >= 0.6 is 15.9 Å². The minimum Gasteiger partial charge on any atom is -0.483 e. The molecule has 0 saturated heterocycles. The average molecular weight is 316 g/mol. The van der Waals surface area contributed by atoms with Gasteiger partial charge in [0, 0.05) is 0 Å². The van der Waals surface area contributed by atoms with Gasteiger partial charge in [-0.05, 0) is 34.5 Å². The maximum atomic E-state index is 11.5. The highest BCUT2D eigenvalue weighted by atomic mass is 79.9. The Morgan fingerprint density at radius 1 is 1.44 bits per heavy atom. The van der Waals surface area contributed by atoms with Crippen molar-refractivity contribution in [1.82, 2.24) is 5.32 Å². The average Bonchev–Trinajstić information content (AvgIpc) is 2.34. The van der Waals surface area contributed by atoms with Crippen LogP contribution in [-0.4, -0.2) is 29.6 Å². The molecule has 1 atom stereocenters. The summed E-state index contributed by atoms with van der Waals surface area (Å²) in [4.78, 5) is 22.2. The highest BCUT2D eigenvalue weighted by Gasteiger charge is 2.17. The molecular formula is C12H14BrNO4. The van der Waals surface area contributed by atoms with E-state index in [2.05, 4.69) is 21.2 Å². The third-order valence-electron chi connectivity index (χ3n) is 2.24. The zero-order chi connectivity index (χ0) is 13.5. The van der Waals surface area contributed by atoms with E-state index >= 15 is 0 Å². The fraction of sp³-hybridized carbons (Fsp3) is 0.333. The van der Waals surface area contributed by atoms with E-state index in [-0.39, 0.29) is 6.61 Å². The summed E-state index contributed by atoms with van der Waals surface area (Å²) in [6.45, 7) is 1.47. The van der Waals surface area contributed by atoms with Crippen LogP contribution in [0, 0.1) is 0 Å². The smallest absolute Gasteiger partial charge is 0.326 e. The summed E-state index contributed by atoms with van der Waals surface area (Å²) in [7, 11) is 0. The standard InChI is InChI=1S/C12H14BrNO4/c1-2-9(12(16)17)14-11(15)7-18-10-6-4-3-5-8(10)13/h3-6,9H,2,7H2,1H3,(H,14,15)(H,16,17). The molecule has 1 aromatic rings. The van der Waals surface area contributed by atoms with Crippen molar-refractivity contribution in [2.24, 2.45) is 0 Å². The number of carboxylic acids is 1. The van der Waals surface area contributed by atoms with E-state index < -0.39 is 17.9 Å². The van der Waals surface area contributed by atoms with Gasteiger partial charge in [-0.15, -0.1) is 0 Å². The van der Waals surface area contributed by atoms with Crippen molar-refractivity contribution in [2.75, 3.05) is 6.61 Å². The van der Waals surface area contributed by atoms with Crippen molar-refractivity contribution < 1.29 is 19.4 Å². The van der Waals surface area contributed by atoms with Crippen molar-refractivity contribution in [2.45, 2.75) is 19.4 Å². The Labute approximate surface area is 113 Å². The lowest BCUT2D eigenvalue weighted by Gasteiger charge is -2.13. The van der Waals surface area contributed by atoms with Gasteiger partial charge in [-0.3, -0.25) is 4.79 Å². The van der Waals surface area contributed by atoms with Gasteiger partial charge in [-0.1, -0.05) is 19.1 Å². The van der Waals surface area contributed by atoms with Crippen LogP contribution < -0.4 is 10.1 Å². The Bertz CT molecular complexity index is 436. The number of nitrogens with one attached hydrogen (secondary N) is 1. The molecule has 0 aliphatic carbocycles. The Hall–Kier alpha value is -1.56. The summed E-state index contributed by atoms with van der Waals surface area (Å²) in [5.74, 6) is -0.970. The Balaban J connectivity index is 2.47. The molecule has 0 aromatic heterocycles. The second-order valence-corrected chi connectivity index (χ2v) is 4.44. The zero-order valence-corrected chi connectivity index (χ0v) is 11.4. The van der Waals surface area contributed by atoms with Crippen LogP contribution in [0.4, 0.5) is 0 Å². The number of carboxylic acid groups (broad SMARTS) is 1. The van der Waals surface area contributed by atoms with Crippen LogP contribution in [0.2, 0.25) is 0 Å². The second kappa shape index (κ2) is 7.00. The molecule has 1 rings (SSSR count). The molecule has 2 N–H and O–H groups in total. The van der Waals surface area contributed by atoms with Crippen LogP contribution in [0.3, 0.4) is 0 Å². The summed E-state index contributed by atoms with van der Waals surface area (Å²) in [5.41, 5.74) is 0. The summed E-state index contributed by atoms with van der Waals surface area (Å²) in [6, 6.07) is 6.24. The maximum Gasteiger partial charge on any atom is 0.326 e. The SMILES string of the molecule is CCC(NC(=O)COc1ccccc1Br)C(=O)O. The molecule has 0 radical (unpaired) electrons. The molecule has 0 spiro atoms. The largest absolute Gasteiger partial charge is 0.483 e. The first-order chi connectivity index (χ1) is 8.54. The monoisotopic (exact) mass is 315 g/mol. The van der Waals surface area contributed by atoms with Crippen molar-refractivity contribution in [3.8, 4) is 5.75 Å². The molecule has 6 heteroatoms. The van der Waals surface area contributed by atoms with Crippen LogP contribution in [0.1, 0.15) is 13.3 Å². The fourth-order valence-electron chi connectivity index (χ4n) is 1.28. The third kappa shape index (κ3) is 4.37. The van der Waals surface area contributed by atoms with E-state index in [1.807, 2.05) is 6.07 Å². The van der Waals surface area contributed by atoms with E-state index in [0.29, 0.717) is 12.2 Å². The maximum absolute atomic E-state index is 11.5. The molecule has 0 aliphatic rings. The number of para-hydroxylation sites is 1. The van der Waals surface area contributed by atoms with Crippen molar-refractivity contribution in [3.05, 3.63) is 28.7 Å². The molecule has 1 unspecified atom stereocenters. The van der Waals surface area contributed by atoms with Gasteiger partial charge in [0.15, 0.2) is 6.61 Å². The number of aliphatic carboxylic acids is 1. The first kappa shape index (κ1) is 14.5. The van der Waals surface area contributed by atoms with Gasteiger partial charge in [0.2, 0.25) is 0 Å². The van der Waals surface area contributed by atoms with Gasteiger partial charge in [-0.2, -0.15) is 0 Å². The number of benzene rings is 1. The van der Waals surface area contributed by atoms with Crippen LogP contribution in [0.5, 0.6) is 5.75 Å². The van der Waals surface area contributed by atoms with Crippen LogP contribution in [0.25, 0.3) is 0 Å². The van der Waals surface area contributed by atoms with E-state index in [9.17, 15) is 9.59 Å². The minimum atomic E-state index is -1.05. The second-order valence-electron chi connectivity index (χ2n) is 3.59. The Morgan fingerprint density at radius 2 is 2.11 bits per heavy atom. The first-order valence-electron chi connectivity index (χ1n) is 5.44. The highest BCUT2D eigenvalue weighted by Crippen LogP contribution is 2.23. The topological polar surface area (TPSA) is 75.6 Å². The van der Waals surface area contributed by atoms with E-state index in [1.165, 1.54) is 0 Å². The molecule has 1 aromatic carbocycles. The van der Waals surface area contributed by atoms with Gasteiger partial charge in [0.25, 0.3) is 5.91 Å². The summed E-state index contributed by atoms with van der Waals surface area (Å²) < 4.78 is 6.01. The molecular weight excluding hydrogens is 302 g/mol. The normalized spacial score (nSPS) is 11.7. The predicted molar refractivity (Wildman–Crippen MR) is 69.5 cm³/mol. The molecule has 98 valence electrons. The van der Waals surface area contributed by atoms with Gasteiger partial charge in [0.1, 0.15) is 11.8 Å². The Morgan fingerprint density at radius 3 is 2.67 bits per heavy atom. The molecule has 0 bridgehead atoms. The van der Waals surface area contributed by atoms with Gasteiger partial charge < -0.3 is 15.2 Å². The predicted octanol–water partition coefficient (Wildman–Crippen LogP) is 1.81. The van der Waals surface area contributed by atoms with Gasteiger partial charge >= 0.3 is 5.97 Å². The number of hydrogen-bond donors (Lipinski definition) is 2. The number of ether oxygens (including phenoxy) is 1. The number of carbonyl (C=O) groups excluding carboxylic acids is 1. The lowest BCUT2D eigenvalue weighted by molar-refractivity contribution is -0.142. The minimum absolute atomic E-state index is 0.216. The molecule has 0 heterocycles. The third-order valence-corrected chi connectivity index (χ3v) is 2.89. The van der Waals surface area contributed by atoms with Crippen LogP contribution in [-0.2, 0) is 9.59 Å². The van der Waals surface area contributed by atoms with Crippen molar-refractivity contribution in [1.29, 1.82) is 0 Å². The molecule has 0 fully saturated rings. The summed E-state index contributed by atoms with van der Waals surface area (Å²) in [6.07, 6.45) is 0.329. The lowest BCUT2D eigenvalue weighted by atomic mass is 10.2. The molecule has 5 nitrogen and oxygen atoms in total. The van der Waals surface area contributed by atoms with Gasteiger partial charge in [-0.25, -0.2) is 4.79 Å². The first-order valence-corrected chi connectivity index (χ1v) is 6.23. The van der Waals surface area contributed by atoms with Gasteiger partial charge in [0.05, 0.1) is 4.47 Å². The summed E-state index contributed by atoms with van der Waals surface area (Å²) in [5, 5.41) is 11.2. The van der Waals surface area contributed by atoms with E-state index in [4.69, 9.17) is 9.84 Å². The molecule has 18 heavy (non-hydrogen) atoms. The van der Waals surface area contributed by atoms with E-state index in [1.54, 1.807) is 25.1 Å². The fourth-order valence-corrected chi connectivity index (χ4v) is 1.68. The van der Waals surface area contributed by atoms with Crippen molar-refractivity contribution >= 4 is 27.8 Å². The lowest BCUT2D eigenvalue weighted by Crippen LogP contribution is -2.42.